The first-order valence-corrected chi connectivity index (χ1v) is 6.68. The van der Waals surface area contributed by atoms with Gasteiger partial charge in [0.15, 0.2) is 0 Å². The van der Waals surface area contributed by atoms with Crippen molar-refractivity contribution in [3.63, 3.8) is 0 Å². The van der Waals surface area contributed by atoms with Crippen LogP contribution in [0.4, 0.5) is 10.7 Å². The van der Waals surface area contributed by atoms with Crippen LogP contribution in [0.1, 0.15) is 33.9 Å². The third-order valence-electron chi connectivity index (χ3n) is 2.60. The molecule has 19 heavy (non-hydrogen) atoms. The van der Waals surface area contributed by atoms with Gasteiger partial charge < -0.3 is 20.1 Å². The van der Waals surface area contributed by atoms with Crippen LogP contribution in [0.5, 0.6) is 0 Å². The molecule has 1 rings (SSSR count). The van der Waals surface area contributed by atoms with Crippen LogP contribution in [0.25, 0.3) is 0 Å². The number of methoxy groups -OCH3 is 1. The molecular formula is C12H18N2O4S. The summed E-state index contributed by atoms with van der Waals surface area (Å²) in [6.07, 6.45) is 0. The molecule has 0 aliphatic heterocycles. The van der Waals surface area contributed by atoms with Gasteiger partial charge in [-0.25, -0.2) is 9.59 Å². The van der Waals surface area contributed by atoms with E-state index in [1.54, 1.807) is 6.92 Å². The lowest BCUT2D eigenvalue weighted by Crippen LogP contribution is -2.18. The van der Waals surface area contributed by atoms with Crippen molar-refractivity contribution in [2.45, 2.75) is 13.8 Å². The number of carbonyl (C=O) groups excluding carboxylic acids is 2. The minimum Gasteiger partial charge on any atom is -0.465 e. The molecule has 0 aliphatic carbocycles. The summed E-state index contributed by atoms with van der Waals surface area (Å²) >= 11 is 1.13. The molecular weight excluding hydrogens is 268 g/mol. The summed E-state index contributed by atoms with van der Waals surface area (Å²) in [6, 6.07) is 0. The Morgan fingerprint density at radius 3 is 2.42 bits per heavy atom. The van der Waals surface area contributed by atoms with Crippen LogP contribution in [0.3, 0.4) is 0 Å². The van der Waals surface area contributed by atoms with Crippen LogP contribution in [0.2, 0.25) is 0 Å². The quantitative estimate of drug-likeness (QED) is 0.830. The van der Waals surface area contributed by atoms with Gasteiger partial charge in [0.2, 0.25) is 0 Å². The molecule has 0 aromatic carbocycles. The summed E-state index contributed by atoms with van der Waals surface area (Å²) < 4.78 is 9.64. The SMILES string of the molecule is CCOC(=O)c1c(N(C)CC)sc(C(=O)OC)c1N. The number of nitrogens with two attached hydrogens (primary N) is 1. The van der Waals surface area contributed by atoms with Gasteiger partial charge in [-0.1, -0.05) is 0 Å². The van der Waals surface area contributed by atoms with Crippen molar-refractivity contribution in [2.24, 2.45) is 0 Å². The first kappa shape index (κ1) is 15.3. The second-order valence-electron chi connectivity index (χ2n) is 3.75. The number of nitrogen functional groups attached to an aromatic ring is 1. The molecule has 0 unspecified atom stereocenters. The Kier molecular flexibility index (Phi) is 5.17. The van der Waals surface area contributed by atoms with Crippen molar-refractivity contribution in [1.29, 1.82) is 0 Å². The van der Waals surface area contributed by atoms with Crippen LogP contribution >= 0.6 is 11.3 Å². The Morgan fingerprint density at radius 1 is 1.32 bits per heavy atom. The Balaban J connectivity index is 3.35. The van der Waals surface area contributed by atoms with Crippen LogP contribution in [-0.4, -0.2) is 39.2 Å². The normalized spacial score (nSPS) is 10.1. The van der Waals surface area contributed by atoms with Gasteiger partial charge in [0.25, 0.3) is 0 Å². The number of nitrogens with zero attached hydrogens (tertiary/aromatic N) is 1. The van der Waals surface area contributed by atoms with E-state index in [2.05, 4.69) is 4.74 Å². The largest absolute Gasteiger partial charge is 0.465 e. The predicted octanol–water partition coefficient (Wildman–Crippen LogP) is 1.75. The van der Waals surface area contributed by atoms with Gasteiger partial charge in [0.1, 0.15) is 15.4 Å². The van der Waals surface area contributed by atoms with Crippen LogP contribution in [0.15, 0.2) is 0 Å². The summed E-state index contributed by atoms with van der Waals surface area (Å²) in [5.74, 6) is -1.08. The number of rotatable bonds is 5. The lowest BCUT2D eigenvalue weighted by Gasteiger charge is -2.16. The number of hydrogen-bond donors (Lipinski definition) is 1. The second kappa shape index (κ2) is 6.42. The van der Waals surface area contributed by atoms with E-state index in [1.807, 2.05) is 18.9 Å². The fourth-order valence-corrected chi connectivity index (χ4v) is 2.64. The molecule has 1 heterocycles. The molecule has 7 heteroatoms. The highest BCUT2D eigenvalue weighted by molar-refractivity contribution is 7.19. The van der Waals surface area contributed by atoms with E-state index in [4.69, 9.17) is 10.5 Å². The highest BCUT2D eigenvalue weighted by Gasteiger charge is 2.28. The average molecular weight is 286 g/mol. The van der Waals surface area contributed by atoms with Crippen LogP contribution in [-0.2, 0) is 9.47 Å². The number of thiophene rings is 1. The maximum Gasteiger partial charge on any atom is 0.350 e. The fraction of sp³-hybridized carbons (Fsp3) is 0.500. The molecule has 1 aromatic heterocycles. The van der Waals surface area contributed by atoms with Gasteiger partial charge in [-0.15, -0.1) is 11.3 Å². The molecule has 0 bridgehead atoms. The Morgan fingerprint density at radius 2 is 1.95 bits per heavy atom. The first-order chi connectivity index (χ1) is 8.97. The lowest BCUT2D eigenvalue weighted by molar-refractivity contribution is 0.0529. The van der Waals surface area contributed by atoms with Gasteiger partial charge in [0, 0.05) is 13.6 Å². The smallest absolute Gasteiger partial charge is 0.350 e. The topological polar surface area (TPSA) is 81.9 Å². The number of hydrogen-bond acceptors (Lipinski definition) is 7. The number of anilines is 2. The average Bonchev–Trinajstić information content (AvgIpc) is 2.75. The Bertz CT molecular complexity index is 484. The summed E-state index contributed by atoms with van der Waals surface area (Å²) in [7, 11) is 3.09. The van der Waals surface area contributed by atoms with Crippen molar-refractivity contribution in [3.8, 4) is 0 Å². The number of esters is 2. The Labute approximate surface area is 116 Å². The minimum atomic E-state index is -0.552. The van der Waals surface area contributed by atoms with E-state index in [9.17, 15) is 9.59 Å². The number of ether oxygens (including phenoxy) is 2. The second-order valence-corrected chi connectivity index (χ2v) is 4.75. The van der Waals surface area contributed by atoms with Crippen molar-refractivity contribution >= 4 is 34.0 Å². The zero-order chi connectivity index (χ0) is 14.6. The molecule has 0 saturated heterocycles. The maximum atomic E-state index is 12.0. The lowest BCUT2D eigenvalue weighted by atomic mass is 10.2. The maximum absolute atomic E-state index is 12.0. The van der Waals surface area contributed by atoms with E-state index in [0.29, 0.717) is 11.5 Å². The third-order valence-corrected chi connectivity index (χ3v) is 3.90. The van der Waals surface area contributed by atoms with Gasteiger partial charge >= 0.3 is 11.9 Å². The van der Waals surface area contributed by atoms with Crippen molar-refractivity contribution < 1.29 is 19.1 Å². The molecule has 0 fully saturated rings. The highest BCUT2D eigenvalue weighted by Crippen LogP contribution is 2.38. The van der Waals surface area contributed by atoms with E-state index in [-0.39, 0.29) is 22.7 Å². The highest BCUT2D eigenvalue weighted by atomic mass is 32.1. The standard InChI is InChI=1S/C12H18N2O4S/c1-5-14(3)10-7(11(15)18-6-2)8(13)9(19-10)12(16)17-4/h5-6,13H2,1-4H3. The van der Waals surface area contributed by atoms with Crippen molar-refractivity contribution in [1.82, 2.24) is 0 Å². The molecule has 0 spiro atoms. The molecule has 0 aliphatic rings. The van der Waals surface area contributed by atoms with E-state index < -0.39 is 11.9 Å². The van der Waals surface area contributed by atoms with Gasteiger partial charge in [0.05, 0.1) is 19.4 Å². The van der Waals surface area contributed by atoms with Crippen LogP contribution in [0, 0.1) is 0 Å². The van der Waals surface area contributed by atoms with Crippen molar-refractivity contribution in [3.05, 3.63) is 10.4 Å². The fourth-order valence-electron chi connectivity index (χ4n) is 1.49. The summed E-state index contributed by atoms with van der Waals surface area (Å²) in [6.45, 7) is 4.57. The molecule has 0 atom stereocenters. The Hall–Kier alpha value is -1.76. The van der Waals surface area contributed by atoms with Gasteiger partial charge in [-0.3, -0.25) is 0 Å². The summed E-state index contributed by atoms with van der Waals surface area (Å²) in [5.41, 5.74) is 6.24. The number of carbonyl (C=O) groups is 2. The molecule has 0 amide bonds. The van der Waals surface area contributed by atoms with Gasteiger partial charge in [-0.05, 0) is 13.8 Å². The van der Waals surface area contributed by atoms with Gasteiger partial charge in [-0.2, -0.15) is 0 Å². The zero-order valence-electron chi connectivity index (χ0n) is 11.5. The molecule has 6 nitrogen and oxygen atoms in total. The zero-order valence-corrected chi connectivity index (χ0v) is 12.3. The van der Waals surface area contributed by atoms with E-state index >= 15 is 0 Å². The third kappa shape index (κ3) is 2.98. The minimum absolute atomic E-state index is 0.116. The molecule has 106 valence electrons. The monoisotopic (exact) mass is 286 g/mol. The van der Waals surface area contributed by atoms with E-state index in [1.165, 1.54) is 7.11 Å². The van der Waals surface area contributed by atoms with Crippen LogP contribution < -0.4 is 10.6 Å². The van der Waals surface area contributed by atoms with Crippen molar-refractivity contribution in [2.75, 3.05) is 37.9 Å². The predicted molar refractivity (Wildman–Crippen MR) is 75.0 cm³/mol. The first-order valence-electron chi connectivity index (χ1n) is 5.86. The molecule has 2 N–H and O–H groups in total. The van der Waals surface area contributed by atoms with E-state index in [0.717, 1.165) is 11.3 Å². The summed E-state index contributed by atoms with van der Waals surface area (Å²) in [4.78, 5) is 25.6. The molecule has 0 radical (unpaired) electrons. The summed E-state index contributed by atoms with van der Waals surface area (Å²) in [5, 5.41) is 0.610. The molecule has 0 saturated carbocycles. The molecule has 1 aromatic rings.